The molecule has 0 aliphatic rings. The number of rotatable bonds is 0. The normalized spacial score (nSPS) is 0.115. The molecule has 51 nitrogen and oxygen atoms in total. The number of hydrogen-bond acceptors (Lipinski definition) is 1. The van der Waals surface area contributed by atoms with Crippen LogP contribution < -0.4 is 0 Å². The lowest BCUT2D eigenvalue weighted by Gasteiger charge is -1.21. The number of aliphatic hydroxyl groups is 1. The summed E-state index contributed by atoms with van der Waals surface area (Å²) in [5.41, 5.74) is 0. The highest BCUT2D eigenvalue weighted by atomic mass is 16.2. The van der Waals surface area contributed by atoms with Crippen molar-refractivity contribution in [1.29, 1.82) is 0 Å². The van der Waals surface area contributed by atoms with E-state index in [9.17, 15) is 0 Å². The van der Waals surface area contributed by atoms with Crippen LogP contribution in [0, 0.1) is 0 Å². The van der Waals surface area contributed by atoms with Crippen LogP contribution in [-0.4, -0.2) is 286 Å². The minimum Gasteiger partial charge on any atom is -0.412 e. The molecule has 0 aromatic rings. The molecule has 0 amide bonds. The van der Waals surface area contributed by atoms with Crippen molar-refractivity contribution < 1.29 is 279 Å². The van der Waals surface area contributed by atoms with Crippen molar-refractivity contribution in [3.05, 3.63) is 0 Å². The molecule has 0 aliphatic heterocycles. The highest BCUT2D eigenvalue weighted by Crippen LogP contribution is 0.755. The van der Waals surface area contributed by atoms with E-state index >= 15 is 0 Å². The van der Waals surface area contributed by atoms with Crippen LogP contribution in [0.2, 0.25) is 0 Å². The van der Waals surface area contributed by atoms with Gasteiger partial charge in [-0.15, -0.1) is 0 Å². The van der Waals surface area contributed by atoms with Gasteiger partial charge in [-0.3, -0.25) is 0 Å². The summed E-state index contributed by atoms with van der Waals surface area (Å²) < 4.78 is 0. The van der Waals surface area contributed by atoms with Crippen LogP contribution in [0.4, 0.5) is 0 Å². The van der Waals surface area contributed by atoms with E-state index in [-0.39, 0.29) is 274 Å². The number of hydrogen-bond donors (Lipinski definition) is 1. The van der Waals surface area contributed by atoms with Gasteiger partial charge in [0.15, 0.2) is 0 Å². The predicted octanol–water partition coefficient (Wildman–Crippen LogP) is -41.6. The summed E-state index contributed by atoms with van der Waals surface area (Å²) in [6.45, 7) is 0. The molecule has 0 aliphatic carbocycles. The number of aliphatic hydroxyl groups excluding tert-OH is 1. The molecular weight excluding hydrogens is 828 g/mol. The first kappa shape index (κ1) is 111000. The lowest BCUT2D eigenvalue weighted by atomic mass is 11.8. The quantitative estimate of drug-likeness (QED) is 0.243. The van der Waals surface area contributed by atoms with E-state index in [4.69, 9.17) is 5.11 Å². The second-order valence-electron chi connectivity index (χ2n) is 0. The molecule has 0 heterocycles. The average Bonchev–Trinajstić information content (AvgIpc) is 1.00. The monoisotopic (exact) mass is 933 g/mol. The summed E-state index contributed by atoms with van der Waals surface area (Å²) in [6, 6.07) is 0. The molecule has 52 heavy (non-hydrogen) atoms. The summed E-state index contributed by atoms with van der Waals surface area (Å²) in [7, 11) is 1.00. The Labute approximate surface area is 288 Å². The van der Waals surface area contributed by atoms with Gasteiger partial charge in [0.1, 0.15) is 0 Å². The topological polar surface area (TPSA) is 1600 Å². The Hall–Kier alpha value is -2.04. The standard InChI is InChI=1S/CH4O.50H2O/c1-2;;;;;;;;;;;;;;;;;;;;;;;;;;;;;;;;;;;;;;;;;;;;;;;;;;/h2H,1H3;50*1H2. The summed E-state index contributed by atoms with van der Waals surface area (Å²) in [5.74, 6) is 0. The fraction of sp³-hybridized carbons (Fsp3) is 1.00. The van der Waals surface area contributed by atoms with E-state index in [2.05, 4.69) is 0 Å². The van der Waals surface area contributed by atoms with Crippen molar-refractivity contribution in [3.63, 3.8) is 0 Å². The zero-order valence-electron chi connectivity index (χ0n) is 26.4. The van der Waals surface area contributed by atoms with Crippen molar-refractivity contribution in [2.75, 3.05) is 7.11 Å². The molecule has 414 valence electrons. The molecule has 0 spiro atoms. The van der Waals surface area contributed by atoms with E-state index in [0.717, 1.165) is 7.11 Å². The average molecular weight is 933 g/mol. The first-order valence-electron chi connectivity index (χ1n) is 0.447. The van der Waals surface area contributed by atoms with Crippen LogP contribution in [-0.2, 0) is 0 Å². The van der Waals surface area contributed by atoms with Gasteiger partial charge in [0, 0.05) is 7.11 Å². The molecule has 51 heteroatoms. The van der Waals surface area contributed by atoms with E-state index in [1.807, 2.05) is 0 Å². The smallest absolute Gasteiger partial charge is 0.0319 e. The van der Waals surface area contributed by atoms with E-state index in [1.54, 1.807) is 0 Å². The second kappa shape index (κ2) is 27100. The van der Waals surface area contributed by atoms with Crippen LogP contribution in [0.25, 0.3) is 0 Å². The molecule has 101 N–H and O–H groups in total. The molecule has 0 aromatic carbocycles. The lowest BCUT2D eigenvalue weighted by molar-refractivity contribution is 0.399. The van der Waals surface area contributed by atoms with E-state index in [1.165, 1.54) is 0 Å². The van der Waals surface area contributed by atoms with Gasteiger partial charge in [0.25, 0.3) is 0 Å². The highest BCUT2D eigenvalue weighted by molar-refractivity contribution is 3.18. The Bertz CT molecular complexity index is 7.13. The molecule has 0 fully saturated rings. The fourth-order valence-electron chi connectivity index (χ4n) is 0. The molecule has 0 bridgehead atoms. The molecule has 0 rings (SSSR count). The van der Waals surface area contributed by atoms with Gasteiger partial charge in [-0.25, -0.2) is 0 Å². The van der Waals surface area contributed by atoms with Gasteiger partial charge in [0.05, 0.1) is 0 Å². The Morgan fingerprint density at radius 2 is 0.0769 bits per heavy atom. The molecule has 0 saturated carbocycles. The Kier molecular flexibility index (Phi) is 57600000. The van der Waals surface area contributed by atoms with Crippen LogP contribution in [0.3, 0.4) is 0 Å². The zero-order valence-corrected chi connectivity index (χ0v) is 26.4. The van der Waals surface area contributed by atoms with Crippen LogP contribution >= 0.6 is 0 Å². The van der Waals surface area contributed by atoms with Gasteiger partial charge >= 0.3 is 0 Å². The Morgan fingerprint density at radius 3 is 0.0769 bits per heavy atom. The maximum absolute atomic E-state index is 7.00. The summed E-state index contributed by atoms with van der Waals surface area (Å²) in [5, 5.41) is 7.00. The van der Waals surface area contributed by atoms with Crippen molar-refractivity contribution in [2.24, 2.45) is 0 Å². The van der Waals surface area contributed by atoms with Crippen molar-refractivity contribution >= 4 is 0 Å². The van der Waals surface area contributed by atoms with Gasteiger partial charge in [-0.05, 0) is 0 Å². The summed E-state index contributed by atoms with van der Waals surface area (Å²) in [6.07, 6.45) is 0. The molecule has 0 unspecified atom stereocenters. The van der Waals surface area contributed by atoms with Crippen LogP contribution in [0.1, 0.15) is 0 Å². The van der Waals surface area contributed by atoms with Gasteiger partial charge < -0.3 is 279 Å². The maximum atomic E-state index is 7.00. The van der Waals surface area contributed by atoms with Gasteiger partial charge in [-0.2, -0.15) is 0 Å². The molecular formula is CH104O51. The van der Waals surface area contributed by atoms with Crippen molar-refractivity contribution in [1.82, 2.24) is 0 Å². The van der Waals surface area contributed by atoms with E-state index in [0.29, 0.717) is 0 Å². The molecule has 0 atom stereocenters. The first-order valence-corrected chi connectivity index (χ1v) is 0.447. The van der Waals surface area contributed by atoms with Crippen LogP contribution in [0.5, 0.6) is 0 Å². The third-order valence-corrected chi connectivity index (χ3v) is 0. The van der Waals surface area contributed by atoms with Crippen molar-refractivity contribution in [3.8, 4) is 0 Å². The maximum Gasteiger partial charge on any atom is 0.0319 e. The minimum absolute atomic E-state index is 0. The SMILES string of the molecule is CO.O.O.O.O.O.O.O.O.O.O.O.O.O.O.O.O.O.O.O.O.O.O.O.O.O.O.O.O.O.O.O.O.O.O.O.O.O.O.O.O.O.O.O.O.O.O.O.O.O.O. The largest absolute Gasteiger partial charge is 0.412 e. The fourth-order valence-corrected chi connectivity index (χ4v) is 0. The van der Waals surface area contributed by atoms with Crippen LogP contribution in [0.15, 0.2) is 0 Å². The van der Waals surface area contributed by atoms with E-state index < -0.39 is 0 Å². The molecule has 0 saturated heterocycles. The third-order valence-electron chi connectivity index (χ3n) is 0. The zero-order chi connectivity index (χ0) is 2.00. The predicted molar refractivity (Wildman–Crippen MR) is 189 cm³/mol. The lowest BCUT2D eigenvalue weighted by Crippen LogP contribution is -1.25. The van der Waals surface area contributed by atoms with Gasteiger partial charge in [-0.1, -0.05) is 0 Å². The summed E-state index contributed by atoms with van der Waals surface area (Å²) >= 11 is 0. The second-order valence-corrected chi connectivity index (χ2v) is 0. The Balaban J connectivity index is -0.00000000000408. The summed E-state index contributed by atoms with van der Waals surface area (Å²) in [4.78, 5) is 0. The molecule has 0 aromatic heterocycles. The Morgan fingerprint density at radius 1 is 0.0769 bits per heavy atom. The first-order chi connectivity index (χ1) is 1.00. The molecule has 0 radical (unpaired) electrons. The van der Waals surface area contributed by atoms with Crippen molar-refractivity contribution in [2.45, 2.75) is 0 Å². The minimum atomic E-state index is 0. The van der Waals surface area contributed by atoms with Gasteiger partial charge in [0.2, 0.25) is 0 Å². The highest BCUT2D eigenvalue weighted by Gasteiger charge is 0.839. The third kappa shape index (κ3) is 25400.